The smallest absolute Gasteiger partial charge is 0.393 e. The van der Waals surface area contributed by atoms with Crippen molar-refractivity contribution in [1.82, 2.24) is 0 Å². The molecule has 1 N–H and O–H groups in total. The zero-order valence-electron chi connectivity index (χ0n) is 18.6. The van der Waals surface area contributed by atoms with Crippen molar-refractivity contribution in [2.24, 2.45) is 5.41 Å². The highest BCUT2D eigenvalue weighted by atomic mass is 35.5. The van der Waals surface area contributed by atoms with Gasteiger partial charge in [-0.05, 0) is 35.9 Å². The Morgan fingerprint density at radius 2 is 1.82 bits per heavy atom. The van der Waals surface area contributed by atoms with Crippen LogP contribution in [0.1, 0.15) is 38.3 Å². The van der Waals surface area contributed by atoms with E-state index in [1.54, 1.807) is 18.2 Å². The zero-order valence-corrected chi connectivity index (χ0v) is 19.3. The number of carbonyl (C=O) groups is 1. The van der Waals surface area contributed by atoms with Crippen LogP contribution in [0.15, 0.2) is 36.4 Å². The van der Waals surface area contributed by atoms with Gasteiger partial charge in [0, 0.05) is 23.8 Å². The quantitative estimate of drug-likeness (QED) is 0.457. The third-order valence-corrected chi connectivity index (χ3v) is 5.82. The number of alkyl halides is 3. The molecule has 2 aromatic rings. The Morgan fingerprint density at radius 1 is 1.12 bits per heavy atom. The molecule has 2 aromatic carbocycles. The van der Waals surface area contributed by atoms with Crippen molar-refractivity contribution >= 4 is 17.6 Å². The van der Waals surface area contributed by atoms with Crippen LogP contribution in [0.4, 0.5) is 13.2 Å². The monoisotopic (exact) mass is 486 g/mol. The molecule has 0 aromatic heterocycles. The predicted octanol–water partition coefficient (Wildman–Crippen LogP) is 6.10. The van der Waals surface area contributed by atoms with Crippen molar-refractivity contribution in [3.8, 4) is 17.2 Å². The molecule has 1 atom stereocenters. The van der Waals surface area contributed by atoms with Crippen LogP contribution in [0, 0.1) is 5.41 Å². The number of halogens is 4. The van der Waals surface area contributed by atoms with E-state index in [1.165, 1.54) is 18.2 Å². The van der Waals surface area contributed by atoms with Crippen LogP contribution >= 0.6 is 11.6 Å². The van der Waals surface area contributed by atoms with Gasteiger partial charge in [-0.2, -0.15) is 13.2 Å². The molecule has 0 amide bonds. The fourth-order valence-electron chi connectivity index (χ4n) is 3.67. The first-order valence-corrected chi connectivity index (χ1v) is 10.8. The van der Waals surface area contributed by atoms with Crippen LogP contribution in [-0.2, 0) is 17.6 Å². The van der Waals surface area contributed by atoms with Crippen molar-refractivity contribution in [2.45, 2.75) is 51.8 Å². The van der Waals surface area contributed by atoms with Crippen LogP contribution in [0.2, 0.25) is 5.02 Å². The van der Waals surface area contributed by atoms with Crippen LogP contribution in [-0.4, -0.2) is 36.1 Å². The molecule has 0 fully saturated rings. The van der Waals surface area contributed by atoms with Crippen molar-refractivity contribution in [1.29, 1.82) is 0 Å². The second kappa shape index (κ2) is 9.33. The number of hydrogen-bond acceptors (Lipinski definition) is 4. The van der Waals surface area contributed by atoms with Gasteiger partial charge >= 0.3 is 12.1 Å². The standard InChI is InChI=1S/C24H26ClF3O5/c1-22(2,3)23(21(29)30)14-16-12-17(6-8-19(16)33-23)31-9-4-10-32-20-7-5-15(11-18(20)25)13-24(26,27)28/h5-8,11-12H,4,9-10,13-14H2,1-3H3,(H,29,30)/t23-/m0/s1. The van der Waals surface area contributed by atoms with E-state index in [-0.39, 0.29) is 23.6 Å². The summed E-state index contributed by atoms with van der Waals surface area (Å²) >= 11 is 6.02. The summed E-state index contributed by atoms with van der Waals surface area (Å²) in [6.07, 6.45) is -4.59. The molecule has 180 valence electrons. The van der Waals surface area contributed by atoms with E-state index in [9.17, 15) is 23.1 Å². The fourth-order valence-corrected chi connectivity index (χ4v) is 3.93. The molecule has 0 spiro atoms. The molecule has 1 heterocycles. The third-order valence-electron chi connectivity index (χ3n) is 5.53. The van der Waals surface area contributed by atoms with Gasteiger partial charge in [0.15, 0.2) is 0 Å². The third kappa shape index (κ3) is 5.85. The van der Waals surface area contributed by atoms with Gasteiger partial charge in [0.05, 0.1) is 24.7 Å². The van der Waals surface area contributed by atoms with Gasteiger partial charge in [-0.15, -0.1) is 0 Å². The normalized spacial score (nSPS) is 17.9. The molecule has 0 bridgehead atoms. The first kappa shape index (κ1) is 25.0. The number of hydrogen-bond donors (Lipinski definition) is 1. The molecule has 0 saturated heterocycles. The number of aliphatic carboxylic acids is 1. The van der Waals surface area contributed by atoms with Gasteiger partial charge in [-0.25, -0.2) is 4.79 Å². The maximum Gasteiger partial charge on any atom is 0.393 e. The van der Waals surface area contributed by atoms with Crippen LogP contribution in [0.25, 0.3) is 0 Å². The van der Waals surface area contributed by atoms with Gasteiger partial charge in [0.2, 0.25) is 5.60 Å². The molecule has 5 nitrogen and oxygen atoms in total. The Kier molecular flexibility index (Phi) is 7.07. The summed E-state index contributed by atoms with van der Waals surface area (Å²) in [7, 11) is 0. The first-order valence-electron chi connectivity index (χ1n) is 10.5. The summed E-state index contributed by atoms with van der Waals surface area (Å²) in [6.45, 7) is 6.09. The highest BCUT2D eigenvalue weighted by molar-refractivity contribution is 6.32. The Labute approximate surface area is 195 Å². The van der Waals surface area contributed by atoms with Gasteiger partial charge < -0.3 is 19.3 Å². The van der Waals surface area contributed by atoms with E-state index < -0.39 is 29.6 Å². The topological polar surface area (TPSA) is 65.0 Å². The van der Waals surface area contributed by atoms with Crippen molar-refractivity contribution in [3.63, 3.8) is 0 Å². The maximum atomic E-state index is 12.5. The molecule has 1 aliphatic heterocycles. The van der Waals surface area contributed by atoms with E-state index in [2.05, 4.69) is 0 Å². The Bertz CT molecular complexity index is 1020. The zero-order chi connectivity index (χ0) is 24.4. The molecular formula is C24H26ClF3O5. The average Bonchev–Trinajstić information content (AvgIpc) is 3.08. The predicted molar refractivity (Wildman–Crippen MR) is 117 cm³/mol. The lowest BCUT2D eigenvalue weighted by atomic mass is 9.74. The van der Waals surface area contributed by atoms with Gasteiger partial charge in [0.1, 0.15) is 17.2 Å². The number of carboxylic acid groups (broad SMARTS) is 1. The minimum atomic E-state index is -4.30. The summed E-state index contributed by atoms with van der Waals surface area (Å²) in [5.41, 5.74) is -1.10. The van der Waals surface area contributed by atoms with Gasteiger partial charge in [0.25, 0.3) is 0 Å². The number of benzene rings is 2. The van der Waals surface area contributed by atoms with E-state index in [0.29, 0.717) is 30.3 Å². The van der Waals surface area contributed by atoms with Crippen molar-refractivity contribution < 1.29 is 37.3 Å². The number of carboxylic acids is 1. The summed E-state index contributed by atoms with van der Waals surface area (Å²) in [4.78, 5) is 12.0. The lowest BCUT2D eigenvalue weighted by Gasteiger charge is -2.36. The molecule has 3 rings (SSSR count). The maximum absolute atomic E-state index is 12.5. The highest BCUT2D eigenvalue weighted by Gasteiger charge is 2.55. The molecule has 0 aliphatic carbocycles. The van der Waals surface area contributed by atoms with E-state index in [1.807, 2.05) is 20.8 Å². The molecule has 9 heteroatoms. The van der Waals surface area contributed by atoms with E-state index in [4.69, 9.17) is 25.8 Å². The minimum Gasteiger partial charge on any atom is -0.493 e. The molecule has 0 saturated carbocycles. The summed E-state index contributed by atoms with van der Waals surface area (Å²) in [5.74, 6) is 0.425. The largest absolute Gasteiger partial charge is 0.493 e. The summed E-state index contributed by atoms with van der Waals surface area (Å²) in [5, 5.41) is 9.91. The molecule has 0 radical (unpaired) electrons. The lowest BCUT2D eigenvalue weighted by molar-refractivity contribution is -0.163. The second-order valence-corrected chi connectivity index (χ2v) is 9.44. The van der Waals surface area contributed by atoms with Crippen molar-refractivity contribution in [2.75, 3.05) is 13.2 Å². The van der Waals surface area contributed by atoms with Gasteiger partial charge in [-0.1, -0.05) is 38.4 Å². The average molecular weight is 487 g/mol. The molecule has 33 heavy (non-hydrogen) atoms. The fraction of sp³-hybridized carbons (Fsp3) is 0.458. The second-order valence-electron chi connectivity index (χ2n) is 9.04. The molecule has 1 aliphatic rings. The Balaban J connectivity index is 1.50. The van der Waals surface area contributed by atoms with Crippen molar-refractivity contribution in [3.05, 3.63) is 52.5 Å². The van der Waals surface area contributed by atoms with Crippen LogP contribution < -0.4 is 14.2 Å². The summed E-state index contributed by atoms with van der Waals surface area (Å²) < 4.78 is 54.6. The van der Waals surface area contributed by atoms with Gasteiger partial charge in [-0.3, -0.25) is 0 Å². The number of ether oxygens (including phenoxy) is 3. The lowest BCUT2D eigenvalue weighted by Crippen LogP contribution is -2.54. The Morgan fingerprint density at radius 3 is 2.42 bits per heavy atom. The molecular weight excluding hydrogens is 461 g/mol. The number of rotatable bonds is 8. The van der Waals surface area contributed by atoms with Crippen LogP contribution in [0.5, 0.6) is 17.2 Å². The molecule has 0 unspecified atom stereocenters. The Hall–Kier alpha value is -2.61. The number of fused-ring (bicyclic) bond motifs is 1. The van der Waals surface area contributed by atoms with E-state index >= 15 is 0 Å². The SMILES string of the molecule is CC(C)(C)[C@@]1(C(=O)O)Cc2cc(OCCCOc3ccc(CC(F)(F)F)cc3Cl)ccc2O1. The van der Waals surface area contributed by atoms with Crippen LogP contribution in [0.3, 0.4) is 0 Å². The first-order chi connectivity index (χ1) is 15.3. The highest BCUT2D eigenvalue weighted by Crippen LogP contribution is 2.46. The van der Waals surface area contributed by atoms with E-state index in [0.717, 1.165) is 5.56 Å². The summed E-state index contributed by atoms with van der Waals surface area (Å²) in [6, 6.07) is 9.22. The minimum absolute atomic E-state index is 0.0714.